The van der Waals surface area contributed by atoms with Crippen molar-refractivity contribution < 1.29 is 9.53 Å². The molecule has 1 aliphatic heterocycles. The second-order valence-electron chi connectivity index (χ2n) is 8.53. The van der Waals surface area contributed by atoms with E-state index in [1.807, 2.05) is 40.6 Å². The molecule has 3 aromatic rings. The number of piperazine rings is 1. The third-order valence-corrected chi connectivity index (χ3v) is 7.01. The SMILES string of the molecule is CC(C)c1ccc(OCc2csc(C(=O)N3CCN(Cc4ccc(Cl)cc4)CC3)c2)cc1. The fourth-order valence-electron chi connectivity index (χ4n) is 3.79. The molecule has 1 aromatic heterocycles. The lowest BCUT2D eigenvalue weighted by Gasteiger charge is -2.34. The van der Waals surface area contributed by atoms with Gasteiger partial charge < -0.3 is 9.64 Å². The normalized spacial score (nSPS) is 14.7. The van der Waals surface area contributed by atoms with Crippen LogP contribution in [0.2, 0.25) is 5.02 Å². The maximum atomic E-state index is 13.0. The molecule has 0 spiro atoms. The quantitative estimate of drug-likeness (QED) is 0.422. The second kappa shape index (κ2) is 10.5. The first kappa shape index (κ1) is 22.8. The van der Waals surface area contributed by atoms with Crippen LogP contribution < -0.4 is 4.74 Å². The van der Waals surface area contributed by atoms with Crippen LogP contribution in [0.1, 0.15) is 46.1 Å². The molecule has 2 aromatic carbocycles. The standard InChI is InChI=1S/C26H29ClN2O2S/c1-19(2)22-5-9-24(10-6-22)31-17-21-15-25(32-18-21)26(30)29-13-11-28(12-14-29)16-20-3-7-23(27)8-4-20/h3-10,15,18-19H,11-14,16-17H2,1-2H3. The van der Waals surface area contributed by atoms with E-state index < -0.39 is 0 Å². The highest BCUT2D eigenvalue weighted by Gasteiger charge is 2.23. The predicted molar refractivity (Wildman–Crippen MR) is 132 cm³/mol. The molecule has 32 heavy (non-hydrogen) atoms. The van der Waals surface area contributed by atoms with Crippen LogP contribution in [0.25, 0.3) is 0 Å². The first-order valence-electron chi connectivity index (χ1n) is 11.0. The Morgan fingerprint density at radius 2 is 1.69 bits per heavy atom. The van der Waals surface area contributed by atoms with Crippen molar-refractivity contribution >= 4 is 28.8 Å². The lowest BCUT2D eigenvalue weighted by molar-refractivity contribution is 0.0633. The van der Waals surface area contributed by atoms with Crippen molar-refractivity contribution in [2.45, 2.75) is 32.9 Å². The zero-order valence-electron chi connectivity index (χ0n) is 18.6. The lowest BCUT2D eigenvalue weighted by Crippen LogP contribution is -2.48. The van der Waals surface area contributed by atoms with E-state index in [4.69, 9.17) is 16.3 Å². The van der Waals surface area contributed by atoms with Gasteiger partial charge in [0.05, 0.1) is 4.88 Å². The summed E-state index contributed by atoms with van der Waals surface area (Å²) in [5.41, 5.74) is 3.58. The molecule has 2 heterocycles. The first-order valence-corrected chi connectivity index (χ1v) is 12.3. The summed E-state index contributed by atoms with van der Waals surface area (Å²) in [5, 5.41) is 2.78. The van der Waals surface area contributed by atoms with Gasteiger partial charge in [0, 0.05) is 43.3 Å². The molecule has 0 atom stereocenters. The van der Waals surface area contributed by atoms with E-state index in [-0.39, 0.29) is 5.91 Å². The number of thiophene rings is 1. The Bertz CT molecular complexity index is 1020. The molecule has 6 heteroatoms. The molecule has 1 fully saturated rings. The number of nitrogens with zero attached hydrogens (tertiary/aromatic N) is 2. The van der Waals surface area contributed by atoms with Gasteiger partial charge in [-0.1, -0.05) is 49.7 Å². The Labute approximate surface area is 199 Å². The Hall–Kier alpha value is -2.34. The molecule has 1 aliphatic rings. The van der Waals surface area contributed by atoms with E-state index in [9.17, 15) is 4.79 Å². The molecule has 1 saturated heterocycles. The maximum absolute atomic E-state index is 13.0. The van der Waals surface area contributed by atoms with Crippen molar-refractivity contribution in [3.05, 3.63) is 86.6 Å². The monoisotopic (exact) mass is 468 g/mol. The third-order valence-electron chi connectivity index (χ3n) is 5.80. The van der Waals surface area contributed by atoms with Crippen LogP contribution in [0.5, 0.6) is 5.75 Å². The molecule has 4 nitrogen and oxygen atoms in total. The summed E-state index contributed by atoms with van der Waals surface area (Å²) in [5.74, 6) is 1.48. The number of ether oxygens (including phenoxy) is 1. The molecule has 0 bridgehead atoms. The number of benzene rings is 2. The number of amides is 1. The van der Waals surface area contributed by atoms with Crippen LogP contribution in [-0.2, 0) is 13.2 Å². The Balaban J connectivity index is 1.26. The van der Waals surface area contributed by atoms with E-state index in [1.54, 1.807) is 0 Å². The van der Waals surface area contributed by atoms with Gasteiger partial charge in [0.15, 0.2) is 0 Å². The van der Waals surface area contributed by atoms with Crippen LogP contribution in [0.15, 0.2) is 60.0 Å². The van der Waals surface area contributed by atoms with Crippen LogP contribution in [0.4, 0.5) is 0 Å². The minimum Gasteiger partial charge on any atom is -0.489 e. The van der Waals surface area contributed by atoms with Gasteiger partial charge in [-0.25, -0.2) is 0 Å². The largest absolute Gasteiger partial charge is 0.489 e. The average Bonchev–Trinajstić information content (AvgIpc) is 3.29. The smallest absolute Gasteiger partial charge is 0.264 e. The van der Waals surface area contributed by atoms with Gasteiger partial charge >= 0.3 is 0 Å². The number of carbonyl (C=O) groups excluding carboxylic acids is 1. The molecule has 168 valence electrons. The van der Waals surface area contributed by atoms with Crippen molar-refractivity contribution in [2.75, 3.05) is 26.2 Å². The number of rotatable bonds is 7. The predicted octanol–water partition coefficient (Wildman–Crippen LogP) is 6.06. The molecule has 0 unspecified atom stereocenters. The van der Waals surface area contributed by atoms with Crippen molar-refractivity contribution in [3.8, 4) is 5.75 Å². The fraction of sp³-hybridized carbons (Fsp3) is 0.346. The van der Waals surface area contributed by atoms with Crippen LogP contribution in [-0.4, -0.2) is 41.9 Å². The highest BCUT2D eigenvalue weighted by atomic mass is 35.5. The summed E-state index contributed by atoms with van der Waals surface area (Å²) in [7, 11) is 0. The van der Waals surface area contributed by atoms with Gasteiger partial charge in [-0.3, -0.25) is 9.69 Å². The van der Waals surface area contributed by atoms with E-state index >= 15 is 0 Å². The van der Waals surface area contributed by atoms with Crippen LogP contribution in [0.3, 0.4) is 0 Å². The van der Waals surface area contributed by atoms with Crippen molar-refractivity contribution in [1.82, 2.24) is 9.80 Å². The summed E-state index contributed by atoms with van der Waals surface area (Å²) < 4.78 is 5.91. The summed E-state index contributed by atoms with van der Waals surface area (Å²) >= 11 is 7.47. The van der Waals surface area contributed by atoms with Gasteiger partial charge in [-0.2, -0.15) is 0 Å². The summed E-state index contributed by atoms with van der Waals surface area (Å²) in [6, 6.07) is 18.2. The van der Waals surface area contributed by atoms with Gasteiger partial charge in [0.1, 0.15) is 12.4 Å². The van der Waals surface area contributed by atoms with Crippen LogP contribution >= 0.6 is 22.9 Å². The van der Waals surface area contributed by atoms with Crippen molar-refractivity contribution in [3.63, 3.8) is 0 Å². The van der Waals surface area contributed by atoms with Gasteiger partial charge in [-0.05, 0) is 52.8 Å². The van der Waals surface area contributed by atoms with Crippen molar-refractivity contribution in [2.24, 2.45) is 0 Å². The molecule has 0 aliphatic carbocycles. The molecule has 0 radical (unpaired) electrons. The first-order chi connectivity index (χ1) is 15.5. The molecule has 1 amide bonds. The number of halogens is 1. The number of carbonyl (C=O) groups is 1. The molecule has 4 rings (SSSR count). The summed E-state index contributed by atoms with van der Waals surface area (Å²) in [4.78, 5) is 18.1. The molecular weight excluding hydrogens is 440 g/mol. The topological polar surface area (TPSA) is 32.8 Å². The van der Waals surface area contributed by atoms with Gasteiger partial charge in [-0.15, -0.1) is 11.3 Å². The number of hydrogen-bond donors (Lipinski definition) is 0. The molecular formula is C26H29ClN2O2S. The number of hydrogen-bond acceptors (Lipinski definition) is 4. The van der Waals surface area contributed by atoms with E-state index in [1.165, 1.54) is 22.5 Å². The van der Waals surface area contributed by atoms with E-state index in [0.717, 1.165) is 53.9 Å². The zero-order chi connectivity index (χ0) is 22.5. The maximum Gasteiger partial charge on any atom is 0.264 e. The van der Waals surface area contributed by atoms with Gasteiger partial charge in [0.25, 0.3) is 5.91 Å². The van der Waals surface area contributed by atoms with E-state index in [2.05, 4.69) is 43.0 Å². The Morgan fingerprint density at radius 1 is 1.00 bits per heavy atom. The second-order valence-corrected chi connectivity index (χ2v) is 9.87. The molecule has 0 saturated carbocycles. The summed E-state index contributed by atoms with van der Waals surface area (Å²) in [6.07, 6.45) is 0. The fourth-order valence-corrected chi connectivity index (χ4v) is 4.78. The minimum absolute atomic E-state index is 0.119. The zero-order valence-corrected chi connectivity index (χ0v) is 20.2. The Kier molecular flexibility index (Phi) is 7.51. The third kappa shape index (κ3) is 5.91. The van der Waals surface area contributed by atoms with Gasteiger partial charge in [0.2, 0.25) is 0 Å². The van der Waals surface area contributed by atoms with Crippen molar-refractivity contribution in [1.29, 1.82) is 0 Å². The highest BCUT2D eigenvalue weighted by molar-refractivity contribution is 7.12. The van der Waals surface area contributed by atoms with E-state index in [0.29, 0.717) is 12.5 Å². The average molecular weight is 469 g/mol. The molecule has 0 N–H and O–H groups in total. The minimum atomic E-state index is 0.119. The van der Waals surface area contributed by atoms with Crippen LogP contribution in [0, 0.1) is 0 Å². The lowest BCUT2D eigenvalue weighted by atomic mass is 10.0. The Morgan fingerprint density at radius 3 is 2.34 bits per heavy atom. The summed E-state index contributed by atoms with van der Waals surface area (Å²) in [6.45, 7) is 8.97. The highest BCUT2D eigenvalue weighted by Crippen LogP contribution is 2.22.